The average molecular weight is 389 g/mol. The third-order valence-electron chi connectivity index (χ3n) is 4.14. The molecule has 2 aromatic rings. The smallest absolute Gasteiger partial charge is 0.261 e. The van der Waals surface area contributed by atoms with Gasteiger partial charge in [0, 0.05) is 18.1 Å². The van der Waals surface area contributed by atoms with Gasteiger partial charge in [-0.05, 0) is 56.2 Å². The summed E-state index contributed by atoms with van der Waals surface area (Å²) in [7, 11) is 0. The minimum absolute atomic E-state index is 0.138. The van der Waals surface area contributed by atoms with Crippen LogP contribution >= 0.6 is 11.6 Å². The van der Waals surface area contributed by atoms with Gasteiger partial charge in [-0.25, -0.2) is 0 Å². The van der Waals surface area contributed by atoms with E-state index < -0.39 is 6.04 Å². The zero-order chi connectivity index (χ0) is 19.8. The molecule has 0 bridgehead atoms. The van der Waals surface area contributed by atoms with Crippen molar-refractivity contribution in [2.24, 2.45) is 0 Å². The Balaban J connectivity index is 2.12. The second kappa shape index (κ2) is 9.97. The normalized spacial score (nSPS) is 11.6. The lowest BCUT2D eigenvalue weighted by Gasteiger charge is -2.28. The van der Waals surface area contributed by atoms with Crippen molar-refractivity contribution in [1.82, 2.24) is 10.2 Å². The van der Waals surface area contributed by atoms with Crippen LogP contribution in [0.15, 0.2) is 48.5 Å². The van der Waals surface area contributed by atoms with Crippen molar-refractivity contribution in [2.45, 2.75) is 33.4 Å². The van der Waals surface area contributed by atoms with E-state index in [-0.39, 0.29) is 18.4 Å². The molecule has 0 aromatic heterocycles. The first-order valence-electron chi connectivity index (χ1n) is 8.91. The predicted octanol–water partition coefficient (Wildman–Crippen LogP) is 3.58. The maximum absolute atomic E-state index is 12.8. The number of halogens is 1. The molecule has 2 aromatic carbocycles. The van der Waals surface area contributed by atoms with Gasteiger partial charge < -0.3 is 15.0 Å². The molecule has 2 amide bonds. The van der Waals surface area contributed by atoms with Gasteiger partial charge in [-0.1, -0.05) is 35.9 Å². The molecule has 144 valence electrons. The van der Waals surface area contributed by atoms with E-state index in [1.807, 2.05) is 44.2 Å². The second-order valence-corrected chi connectivity index (χ2v) is 6.76. The lowest BCUT2D eigenvalue weighted by Crippen LogP contribution is -2.49. The largest absolute Gasteiger partial charge is 0.484 e. The van der Waals surface area contributed by atoms with Gasteiger partial charge in [0.2, 0.25) is 5.91 Å². The SMILES string of the molecule is CCNC(=O)[C@H](C)N(Cc1ccc(Cl)cc1)C(=O)COc1cccc(C)c1. The van der Waals surface area contributed by atoms with E-state index in [1.54, 1.807) is 25.1 Å². The van der Waals surface area contributed by atoms with Crippen LogP contribution in [-0.4, -0.2) is 35.9 Å². The molecule has 0 saturated carbocycles. The fourth-order valence-electron chi connectivity index (χ4n) is 2.62. The summed E-state index contributed by atoms with van der Waals surface area (Å²) >= 11 is 5.93. The van der Waals surface area contributed by atoms with Crippen LogP contribution in [0.1, 0.15) is 25.0 Å². The summed E-state index contributed by atoms with van der Waals surface area (Å²) in [5.41, 5.74) is 1.94. The molecule has 0 aliphatic carbocycles. The van der Waals surface area contributed by atoms with E-state index in [4.69, 9.17) is 16.3 Å². The molecular formula is C21H25ClN2O3. The number of ether oxygens (including phenoxy) is 1. The minimum Gasteiger partial charge on any atom is -0.484 e. The number of carbonyl (C=O) groups excluding carboxylic acids is 2. The summed E-state index contributed by atoms with van der Waals surface area (Å²) in [6.45, 7) is 6.18. The number of nitrogens with zero attached hydrogens (tertiary/aromatic N) is 1. The highest BCUT2D eigenvalue weighted by atomic mass is 35.5. The Morgan fingerprint density at radius 2 is 1.89 bits per heavy atom. The predicted molar refractivity (Wildman–Crippen MR) is 107 cm³/mol. The molecule has 1 atom stereocenters. The molecule has 5 nitrogen and oxygen atoms in total. The van der Waals surface area contributed by atoms with E-state index in [0.717, 1.165) is 11.1 Å². The van der Waals surface area contributed by atoms with E-state index in [2.05, 4.69) is 5.32 Å². The Bertz CT molecular complexity index is 777. The average Bonchev–Trinajstić information content (AvgIpc) is 2.65. The number of benzene rings is 2. The fraction of sp³-hybridized carbons (Fsp3) is 0.333. The molecular weight excluding hydrogens is 364 g/mol. The quantitative estimate of drug-likeness (QED) is 0.751. The Labute approximate surface area is 165 Å². The first kappa shape index (κ1) is 20.8. The standard InChI is InChI=1S/C21H25ClN2O3/c1-4-23-21(26)16(3)24(13-17-8-10-18(22)11-9-17)20(25)14-27-19-7-5-6-15(2)12-19/h5-12,16H,4,13-14H2,1-3H3,(H,23,26)/t16-/m0/s1. The Kier molecular flexibility index (Phi) is 7.67. The van der Waals surface area contributed by atoms with Gasteiger partial charge in [-0.15, -0.1) is 0 Å². The maximum atomic E-state index is 12.8. The third kappa shape index (κ3) is 6.29. The molecule has 0 spiro atoms. The van der Waals surface area contributed by atoms with Gasteiger partial charge in [-0.3, -0.25) is 9.59 Å². The van der Waals surface area contributed by atoms with Gasteiger partial charge in [-0.2, -0.15) is 0 Å². The highest BCUT2D eigenvalue weighted by Crippen LogP contribution is 2.16. The summed E-state index contributed by atoms with van der Waals surface area (Å²) in [4.78, 5) is 26.6. The number of hydrogen-bond donors (Lipinski definition) is 1. The van der Waals surface area contributed by atoms with Crippen molar-refractivity contribution >= 4 is 23.4 Å². The highest BCUT2D eigenvalue weighted by Gasteiger charge is 2.26. The first-order chi connectivity index (χ1) is 12.9. The number of amides is 2. The number of carbonyl (C=O) groups is 2. The number of likely N-dealkylation sites (N-methyl/N-ethyl adjacent to an activating group) is 1. The van der Waals surface area contributed by atoms with Crippen molar-refractivity contribution < 1.29 is 14.3 Å². The van der Waals surface area contributed by atoms with E-state index >= 15 is 0 Å². The van der Waals surface area contributed by atoms with E-state index in [9.17, 15) is 9.59 Å². The van der Waals surface area contributed by atoms with Crippen LogP contribution in [0.5, 0.6) is 5.75 Å². The fourth-order valence-corrected chi connectivity index (χ4v) is 2.75. The van der Waals surface area contributed by atoms with Crippen molar-refractivity contribution in [3.8, 4) is 5.75 Å². The highest BCUT2D eigenvalue weighted by molar-refractivity contribution is 6.30. The van der Waals surface area contributed by atoms with Gasteiger partial charge in [0.15, 0.2) is 6.61 Å². The molecule has 0 saturated heterocycles. The Hall–Kier alpha value is -2.53. The first-order valence-corrected chi connectivity index (χ1v) is 9.29. The van der Waals surface area contributed by atoms with Crippen LogP contribution in [0.4, 0.5) is 0 Å². The topological polar surface area (TPSA) is 58.6 Å². The van der Waals surface area contributed by atoms with E-state index in [0.29, 0.717) is 23.9 Å². The lowest BCUT2D eigenvalue weighted by atomic mass is 10.1. The van der Waals surface area contributed by atoms with Crippen LogP contribution < -0.4 is 10.1 Å². The van der Waals surface area contributed by atoms with Crippen molar-refractivity contribution in [2.75, 3.05) is 13.2 Å². The molecule has 2 rings (SSSR count). The van der Waals surface area contributed by atoms with Crippen LogP contribution in [0.2, 0.25) is 5.02 Å². The van der Waals surface area contributed by atoms with Gasteiger partial charge >= 0.3 is 0 Å². The molecule has 6 heteroatoms. The molecule has 0 unspecified atom stereocenters. The summed E-state index contributed by atoms with van der Waals surface area (Å²) in [5.74, 6) is 0.168. The zero-order valence-corrected chi connectivity index (χ0v) is 16.6. The summed E-state index contributed by atoms with van der Waals surface area (Å²) in [6, 6.07) is 14.1. The molecule has 1 N–H and O–H groups in total. The van der Waals surface area contributed by atoms with E-state index in [1.165, 1.54) is 4.90 Å². The second-order valence-electron chi connectivity index (χ2n) is 6.32. The molecule has 0 aliphatic heterocycles. The minimum atomic E-state index is -0.616. The number of hydrogen-bond acceptors (Lipinski definition) is 3. The molecule has 27 heavy (non-hydrogen) atoms. The number of rotatable bonds is 8. The Morgan fingerprint density at radius 3 is 2.52 bits per heavy atom. The molecule has 0 heterocycles. The van der Waals surface area contributed by atoms with Gasteiger partial charge in [0.05, 0.1) is 0 Å². The van der Waals surface area contributed by atoms with Gasteiger partial charge in [0.25, 0.3) is 5.91 Å². The molecule has 0 aliphatic rings. The van der Waals surface area contributed by atoms with Crippen LogP contribution in [-0.2, 0) is 16.1 Å². The maximum Gasteiger partial charge on any atom is 0.261 e. The lowest BCUT2D eigenvalue weighted by molar-refractivity contribution is -0.142. The summed E-state index contributed by atoms with van der Waals surface area (Å²) in [5, 5.41) is 3.38. The van der Waals surface area contributed by atoms with Crippen molar-refractivity contribution in [3.63, 3.8) is 0 Å². The van der Waals surface area contributed by atoms with Crippen LogP contribution in [0.3, 0.4) is 0 Å². The molecule has 0 radical (unpaired) electrons. The monoisotopic (exact) mass is 388 g/mol. The number of aryl methyl sites for hydroxylation is 1. The van der Waals surface area contributed by atoms with Crippen LogP contribution in [0.25, 0.3) is 0 Å². The number of nitrogens with one attached hydrogen (secondary N) is 1. The summed E-state index contributed by atoms with van der Waals surface area (Å²) in [6.07, 6.45) is 0. The third-order valence-corrected chi connectivity index (χ3v) is 4.39. The molecule has 0 fully saturated rings. The van der Waals surface area contributed by atoms with Crippen molar-refractivity contribution in [1.29, 1.82) is 0 Å². The summed E-state index contributed by atoms with van der Waals surface area (Å²) < 4.78 is 5.63. The Morgan fingerprint density at radius 1 is 1.19 bits per heavy atom. The van der Waals surface area contributed by atoms with Crippen LogP contribution in [0, 0.1) is 6.92 Å². The zero-order valence-electron chi connectivity index (χ0n) is 15.9. The van der Waals surface area contributed by atoms with Crippen molar-refractivity contribution in [3.05, 3.63) is 64.7 Å². The van der Waals surface area contributed by atoms with Gasteiger partial charge in [0.1, 0.15) is 11.8 Å².